The largest absolute Gasteiger partial charge is 0.240 e. The van der Waals surface area contributed by atoms with Gasteiger partial charge in [0.25, 0.3) is 0 Å². The minimum absolute atomic E-state index is 0.178. The van der Waals surface area contributed by atoms with Crippen LogP contribution < -0.4 is 4.57 Å². The minimum Gasteiger partial charge on any atom is -0.240 e. The molecule has 0 unspecified atom stereocenters. The Labute approximate surface area is 225 Å². The molecule has 0 saturated carbocycles. The normalized spacial score (nSPS) is 13.5. The molecule has 3 heterocycles. The fraction of sp³-hybridized carbons (Fsp3) is 0.353. The zero-order valence-electron chi connectivity index (χ0n) is 23.4. The van der Waals surface area contributed by atoms with Crippen molar-refractivity contribution in [3.05, 3.63) is 71.4 Å². The van der Waals surface area contributed by atoms with Crippen molar-refractivity contribution in [2.24, 2.45) is 17.9 Å². The topological polar surface area (TPSA) is 16.8 Å². The Morgan fingerprint density at radius 2 is 1.46 bits per heavy atom. The van der Waals surface area contributed by atoms with E-state index < -0.39 is 0 Å². The lowest BCUT2D eigenvalue weighted by atomic mass is 9.83. The lowest BCUT2D eigenvalue weighted by molar-refractivity contribution is -0.659. The Morgan fingerprint density at radius 1 is 0.784 bits per heavy atom. The molecule has 188 valence electrons. The Hall–Kier alpha value is -2.91. The monoisotopic (exact) mass is 505 g/mol. The summed E-state index contributed by atoms with van der Waals surface area (Å²) in [7, 11) is 2.19. The average Bonchev–Trinajstić information content (AvgIpc) is 2.82. The van der Waals surface area contributed by atoms with E-state index in [-0.39, 0.29) is 10.8 Å². The second-order valence-corrected chi connectivity index (χ2v) is 14.2. The van der Waals surface area contributed by atoms with Crippen LogP contribution in [-0.4, -0.2) is 4.98 Å². The Bertz CT molecular complexity index is 1730. The van der Waals surface area contributed by atoms with Crippen molar-refractivity contribution in [1.29, 1.82) is 0 Å². The van der Waals surface area contributed by atoms with Gasteiger partial charge in [0.15, 0.2) is 6.20 Å². The van der Waals surface area contributed by atoms with Crippen molar-refractivity contribution in [2.75, 3.05) is 0 Å². The second-order valence-electron chi connectivity index (χ2n) is 13.2. The fourth-order valence-electron chi connectivity index (χ4n) is 6.13. The number of pyridine rings is 2. The van der Waals surface area contributed by atoms with E-state index in [1.807, 2.05) is 11.8 Å². The van der Waals surface area contributed by atoms with Crippen LogP contribution in [0.3, 0.4) is 0 Å². The van der Waals surface area contributed by atoms with Crippen LogP contribution in [0.5, 0.6) is 0 Å². The molecule has 1 aliphatic rings. The summed E-state index contributed by atoms with van der Waals surface area (Å²) in [5.41, 5.74) is 8.39. The van der Waals surface area contributed by atoms with Crippen LogP contribution in [0.25, 0.3) is 43.7 Å². The second kappa shape index (κ2) is 8.30. The van der Waals surface area contributed by atoms with E-state index in [2.05, 4.69) is 115 Å². The molecule has 5 aromatic rings. The average molecular weight is 506 g/mol. The quantitative estimate of drug-likeness (QED) is 0.172. The zero-order chi connectivity index (χ0) is 26.3. The van der Waals surface area contributed by atoms with E-state index in [4.69, 9.17) is 4.98 Å². The third-order valence-electron chi connectivity index (χ3n) is 7.56. The highest BCUT2D eigenvalue weighted by atomic mass is 32.2. The summed E-state index contributed by atoms with van der Waals surface area (Å²) in [6.07, 6.45) is 4.28. The molecule has 0 spiro atoms. The molecular formula is C34H37N2S+. The number of hydrogen-bond acceptors (Lipinski definition) is 2. The predicted octanol–water partition coefficient (Wildman–Crippen LogP) is 8.98. The number of fused-ring (bicyclic) bond motifs is 5. The minimum atomic E-state index is 0.178. The van der Waals surface area contributed by atoms with Gasteiger partial charge in [-0.3, -0.25) is 0 Å². The Balaban J connectivity index is 1.76. The Kier molecular flexibility index (Phi) is 5.48. The molecule has 0 aliphatic carbocycles. The van der Waals surface area contributed by atoms with Crippen molar-refractivity contribution < 1.29 is 4.57 Å². The number of aromatic nitrogens is 2. The molecule has 3 heteroatoms. The van der Waals surface area contributed by atoms with Crippen LogP contribution in [0.15, 0.2) is 64.6 Å². The highest BCUT2D eigenvalue weighted by molar-refractivity contribution is 7.99. The van der Waals surface area contributed by atoms with Crippen molar-refractivity contribution in [3.63, 3.8) is 0 Å². The Morgan fingerprint density at radius 3 is 2.16 bits per heavy atom. The van der Waals surface area contributed by atoms with E-state index in [0.29, 0.717) is 0 Å². The molecule has 3 aromatic carbocycles. The summed E-state index contributed by atoms with van der Waals surface area (Å²) in [6, 6.07) is 18.0. The first kappa shape index (κ1) is 24.4. The molecule has 0 amide bonds. The molecule has 0 bridgehead atoms. The lowest BCUT2D eigenvalue weighted by Gasteiger charge is -2.28. The van der Waals surface area contributed by atoms with E-state index >= 15 is 0 Å². The molecule has 0 N–H and O–H groups in total. The number of para-hydroxylation sites is 1. The van der Waals surface area contributed by atoms with Crippen LogP contribution in [0.2, 0.25) is 0 Å². The zero-order valence-corrected chi connectivity index (χ0v) is 24.2. The summed E-state index contributed by atoms with van der Waals surface area (Å²) in [4.78, 5) is 6.85. The summed E-state index contributed by atoms with van der Waals surface area (Å²) in [5, 5.41) is 7.76. The third-order valence-corrected chi connectivity index (χ3v) is 8.70. The highest BCUT2D eigenvalue weighted by Crippen LogP contribution is 2.52. The number of rotatable bonds is 2. The van der Waals surface area contributed by atoms with Crippen molar-refractivity contribution in [1.82, 2.24) is 4.98 Å². The summed E-state index contributed by atoms with van der Waals surface area (Å²) < 4.78 is 2.32. The van der Waals surface area contributed by atoms with Gasteiger partial charge >= 0.3 is 0 Å². The number of hydrogen-bond donors (Lipinski definition) is 0. The molecule has 6 rings (SSSR count). The van der Waals surface area contributed by atoms with Gasteiger partial charge in [-0.05, 0) is 58.1 Å². The number of aryl methyl sites for hydroxylation is 2. The van der Waals surface area contributed by atoms with Gasteiger partial charge < -0.3 is 0 Å². The maximum Gasteiger partial charge on any atom is 0.224 e. The van der Waals surface area contributed by atoms with Gasteiger partial charge in [-0.1, -0.05) is 95.8 Å². The van der Waals surface area contributed by atoms with Gasteiger partial charge in [-0.2, -0.15) is 0 Å². The van der Waals surface area contributed by atoms with Crippen LogP contribution in [0.1, 0.15) is 58.2 Å². The standard InChI is InChI=1S/C34H37N2S/c1-20-22-13-9-10-14-23(22)26(19-34(5,6)7)31-27(20)30-28-24(16-17-36(30)8)25-15-11-12-21(18-33(2,3)4)29(25)35-32(28)37-31/h9-17H,18-19H2,1-8H3/q+1. The number of nitrogens with zero attached hydrogens (tertiary/aromatic N) is 2. The maximum atomic E-state index is 5.45. The molecule has 37 heavy (non-hydrogen) atoms. The molecule has 1 aliphatic heterocycles. The van der Waals surface area contributed by atoms with Gasteiger partial charge in [0.05, 0.1) is 16.5 Å². The van der Waals surface area contributed by atoms with Crippen LogP contribution >= 0.6 is 11.8 Å². The molecular weight excluding hydrogens is 468 g/mol. The first-order valence-corrected chi connectivity index (χ1v) is 14.2. The lowest BCUT2D eigenvalue weighted by Crippen LogP contribution is -2.32. The number of benzene rings is 3. The van der Waals surface area contributed by atoms with E-state index in [1.54, 1.807) is 0 Å². The molecule has 0 saturated heterocycles. The van der Waals surface area contributed by atoms with Crippen molar-refractivity contribution >= 4 is 44.2 Å². The van der Waals surface area contributed by atoms with E-state index in [1.165, 1.54) is 59.8 Å². The molecule has 0 fully saturated rings. The van der Waals surface area contributed by atoms with Crippen LogP contribution in [-0.2, 0) is 19.9 Å². The van der Waals surface area contributed by atoms with Crippen molar-refractivity contribution in [3.8, 4) is 11.3 Å². The molecule has 2 nitrogen and oxygen atoms in total. The summed E-state index contributed by atoms with van der Waals surface area (Å²) in [6.45, 7) is 16.3. The first-order valence-electron chi connectivity index (χ1n) is 13.4. The summed E-state index contributed by atoms with van der Waals surface area (Å²) >= 11 is 1.90. The van der Waals surface area contributed by atoms with Gasteiger partial charge in [0.1, 0.15) is 12.1 Å². The van der Waals surface area contributed by atoms with E-state index in [9.17, 15) is 0 Å². The van der Waals surface area contributed by atoms with E-state index in [0.717, 1.165) is 23.4 Å². The molecule has 0 radical (unpaired) electrons. The first-order chi connectivity index (χ1) is 17.4. The van der Waals surface area contributed by atoms with Gasteiger partial charge in [0.2, 0.25) is 5.69 Å². The fourth-order valence-corrected chi connectivity index (χ4v) is 7.42. The van der Waals surface area contributed by atoms with Gasteiger partial charge in [-0.15, -0.1) is 0 Å². The molecule has 2 aromatic heterocycles. The van der Waals surface area contributed by atoms with Crippen LogP contribution in [0, 0.1) is 17.8 Å². The van der Waals surface area contributed by atoms with Crippen LogP contribution in [0.4, 0.5) is 0 Å². The molecule has 0 atom stereocenters. The SMILES string of the molecule is Cc1c2c(c(CC(C)(C)C)c3ccccc13)Sc1nc3c(CC(C)(C)C)cccc3c3cc[n+](C)c-2c13. The summed E-state index contributed by atoms with van der Waals surface area (Å²) in [5.74, 6) is 0. The smallest absolute Gasteiger partial charge is 0.224 e. The van der Waals surface area contributed by atoms with Gasteiger partial charge in [-0.25, -0.2) is 9.55 Å². The third kappa shape index (κ3) is 4.03. The predicted molar refractivity (Wildman–Crippen MR) is 159 cm³/mol. The maximum absolute atomic E-state index is 5.45. The highest BCUT2D eigenvalue weighted by Gasteiger charge is 2.34. The van der Waals surface area contributed by atoms with Gasteiger partial charge in [0, 0.05) is 21.7 Å². The van der Waals surface area contributed by atoms with Crippen molar-refractivity contribution in [2.45, 2.75) is 71.2 Å².